The van der Waals surface area contributed by atoms with E-state index in [4.69, 9.17) is 4.74 Å². The van der Waals surface area contributed by atoms with Gasteiger partial charge in [-0.3, -0.25) is 10.1 Å². The van der Waals surface area contributed by atoms with Crippen molar-refractivity contribution < 1.29 is 32.3 Å². The molecule has 9 heteroatoms. The highest BCUT2D eigenvalue weighted by Crippen LogP contribution is 2.29. The number of para-hydroxylation sites is 1. The van der Waals surface area contributed by atoms with Crippen molar-refractivity contribution in [2.24, 2.45) is 0 Å². The molecule has 2 aromatic carbocycles. The second-order valence-corrected chi connectivity index (χ2v) is 5.43. The second-order valence-electron chi connectivity index (χ2n) is 5.43. The largest absolute Gasteiger partial charge is 0.449 e. The average molecular weight is 380 g/mol. The number of alkyl halides is 3. The summed E-state index contributed by atoms with van der Waals surface area (Å²) in [6.07, 6.45) is -5.86. The van der Waals surface area contributed by atoms with Gasteiger partial charge in [-0.1, -0.05) is 18.2 Å². The molecule has 0 aromatic heterocycles. The number of carbonyl (C=O) groups is 3. The number of hydrogen-bond donors (Lipinski definition) is 2. The Hall–Kier alpha value is -3.36. The van der Waals surface area contributed by atoms with Crippen molar-refractivity contribution in [3.63, 3.8) is 0 Å². The van der Waals surface area contributed by atoms with Crippen LogP contribution in [0.25, 0.3) is 0 Å². The zero-order valence-corrected chi connectivity index (χ0v) is 14.0. The van der Waals surface area contributed by atoms with Crippen molar-refractivity contribution in [1.29, 1.82) is 0 Å². The van der Waals surface area contributed by atoms with Crippen LogP contribution in [0, 0.1) is 0 Å². The molecule has 1 unspecified atom stereocenters. The van der Waals surface area contributed by atoms with E-state index in [1.165, 1.54) is 6.92 Å². The van der Waals surface area contributed by atoms with E-state index < -0.39 is 35.8 Å². The van der Waals surface area contributed by atoms with Crippen LogP contribution in [-0.2, 0) is 15.7 Å². The van der Waals surface area contributed by atoms with Crippen LogP contribution in [0.1, 0.15) is 22.8 Å². The van der Waals surface area contributed by atoms with Crippen LogP contribution in [0.3, 0.4) is 0 Å². The number of urea groups is 1. The number of halogens is 3. The van der Waals surface area contributed by atoms with Gasteiger partial charge in [0.1, 0.15) is 0 Å². The smallest absolute Gasteiger partial charge is 0.416 e. The van der Waals surface area contributed by atoms with E-state index in [0.29, 0.717) is 5.69 Å². The Labute approximate surface area is 152 Å². The molecule has 142 valence electrons. The van der Waals surface area contributed by atoms with Crippen LogP contribution in [0.4, 0.5) is 23.7 Å². The average Bonchev–Trinajstić information content (AvgIpc) is 2.61. The molecular weight excluding hydrogens is 365 g/mol. The summed E-state index contributed by atoms with van der Waals surface area (Å²) in [4.78, 5) is 35.5. The molecule has 2 rings (SSSR count). The van der Waals surface area contributed by atoms with Gasteiger partial charge in [0.15, 0.2) is 6.10 Å². The number of nitrogens with one attached hydrogen (secondary N) is 2. The van der Waals surface area contributed by atoms with E-state index in [2.05, 4.69) is 5.32 Å². The molecule has 3 amide bonds. The lowest BCUT2D eigenvalue weighted by molar-refractivity contribution is -0.137. The van der Waals surface area contributed by atoms with Gasteiger partial charge < -0.3 is 10.1 Å². The van der Waals surface area contributed by atoms with E-state index in [1.807, 2.05) is 5.32 Å². The van der Waals surface area contributed by atoms with Gasteiger partial charge in [0.05, 0.1) is 11.1 Å². The minimum Gasteiger partial charge on any atom is -0.449 e. The van der Waals surface area contributed by atoms with E-state index in [1.54, 1.807) is 30.3 Å². The summed E-state index contributed by atoms with van der Waals surface area (Å²) in [5.74, 6) is -1.88. The number of hydrogen-bond acceptors (Lipinski definition) is 4. The van der Waals surface area contributed by atoms with Crippen LogP contribution in [0.5, 0.6) is 0 Å². The standard InChI is InChI=1S/C18H15F3N2O4/c1-11(15(24)23-17(26)22-14-5-3-2-4-6-14)27-16(25)12-7-9-13(10-8-12)18(19,20)21/h2-11H,1H3,(H2,22,23,24,26). The highest BCUT2D eigenvalue weighted by atomic mass is 19.4. The third-order valence-electron chi connectivity index (χ3n) is 3.37. The van der Waals surface area contributed by atoms with Gasteiger partial charge >= 0.3 is 18.2 Å². The van der Waals surface area contributed by atoms with Gasteiger partial charge in [-0.15, -0.1) is 0 Å². The number of ether oxygens (including phenoxy) is 1. The van der Waals surface area contributed by atoms with Gasteiger partial charge in [0.2, 0.25) is 0 Å². The van der Waals surface area contributed by atoms with Gasteiger partial charge in [0.25, 0.3) is 5.91 Å². The molecule has 0 heterocycles. The number of imide groups is 1. The normalized spacial score (nSPS) is 12.0. The van der Waals surface area contributed by atoms with E-state index in [9.17, 15) is 27.6 Å². The van der Waals surface area contributed by atoms with E-state index in [-0.39, 0.29) is 5.56 Å². The monoisotopic (exact) mass is 380 g/mol. The molecule has 0 aliphatic rings. The third kappa shape index (κ3) is 5.84. The van der Waals surface area contributed by atoms with Crippen molar-refractivity contribution in [3.05, 3.63) is 65.7 Å². The Morgan fingerprint density at radius 3 is 2.11 bits per heavy atom. The first-order valence-corrected chi connectivity index (χ1v) is 7.72. The van der Waals surface area contributed by atoms with Gasteiger partial charge in [-0.2, -0.15) is 13.2 Å². The van der Waals surface area contributed by atoms with Crippen molar-refractivity contribution in [2.75, 3.05) is 5.32 Å². The lowest BCUT2D eigenvalue weighted by atomic mass is 10.1. The van der Waals surface area contributed by atoms with E-state index >= 15 is 0 Å². The summed E-state index contributed by atoms with van der Waals surface area (Å²) in [5.41, 5.74) is -0.615. The first-order chi connectivity index (χ1) is 12.7. The highest BCUT2D eigenvalue weighted by molar-refractivity contribution is 6.03. The summed E-state index contributed by atoms with van der Waals surface area (Å²) in [6.45, 7) is 1.23. The highest BCUT2D eigenvalue weighted by Gasteiger charge is 2.30. The SMILES string of the molecule is CC(OC(=O)c1ccc(C(F)(F)F)cc1)C(=O)NC(=O)Nc1ccccc1. The summed E-state index contributed by atoms with van der Waals surface area (Å²) in [6, 6.07) is 10.9. The van der Waals surface area contributed by atoms with Gasteiger partial charge in [-0.25, -0.2) is 9.59 Å². The molecule has 0 fully saturated rings. The minimum atomic E-state index is -4.53. The fraction of sp³-hybridized carbons (Fsp3) is 0.167. The predicted octanol–water partition coefficient (Wildman–Crippen LogP) is 3.60. The number of amides is 3. The molecule has 27 heavy (non-hydrogen) atoms. The Kier molecular flexibility index (Phi) is 6.17. The fourth-order valence-corrected chi connectivity index (χ4v) is 1.97. The quantitative estimate of drug-likeness (QED) is 0.794. The van der Waals surface area contributed by atoms with Crippen LogP contribution in [-0.4, -0.2) is 24.0 Å². The fourth-order valence-electron chi connectivity index (χ4n) is 1.97. The van der Waals surface area contributed by atoms with E-state index in [0.717, 1.165) is 24.3 Å². The van der Waals surface area contributed by atoms with Gasteiger partial charge in [-0.05, 0) is 43.3 Å². The zero-order valence-electron chi connectivity index (χ0n) is 14.0. The van der Waals surface area contributed by atoms with Crippen LogP contribution >= 0.6 is 0 Å². The summed E-state index contributed by atoms with van der Waals surface area (Å²) < 4.78 is 42.4. The Morgan fingerprint density at radius 2 is 1.56 bits per heavy atom. The number of carbonyl (C=O) groups excluding carboxylic acids is 3. The molecule has 0 aliphatic heterocycles. The molecule has 0 saturated heterocycles. The Morgan fingerprint density at radius 1 is 0.963 bits per heavy atom. The number of anilines is 1. The van der Waals surface area contributed by atoms with Crippen LogP contribution in [0.15, 0.2) is 54.6 Å². The third-order valence-corrected chi connectivity index (χ3v) is 3.37. The van der Waals surface area contributed by atoms with Crippen molar-refractivity contribution in [1.82, 2.24) is 5.32 Å². The maximum absolute atomic E-state index is 12.5. The summed E-state index contributed by atoms with van der Waals surface area (Å²) >= 11 is 0. The Bertz CT molecular complexity index is 821. The molecule has 2 N–H and O–H groups in total. The zero-order chi connectivity index (χ0) is 20.0. The maximum Gasteiger partial charge on any atom is 0.416 e. The minimum absolute atomic E-state index is 0.156. The first-order valence-electron chi connectivity index (χ1n) is 7.72. The maximum atomic E-state index is 12.5. The predicted molar refractivity (Wildman–Crippen MR) is 89.9 cm³/mol. The second kappa shape index (κ2) is 8.35. The van der Waals surface area contributed by atoms with Crippen molar-refractivity contribution in [2.45, 2.75) is 19.2 Å². The van der Waals surface area contributed by atoms with Crippen molar-refractivity contribution in [3.8, 4) is 0 Å². The van der Waals surface area contributed by atoms with Gasteiger partial charge in [0, 0.05) is 5.69 Å². The molecule has 2 aromatic rings. The summed E-state index contributed by atoms with van der Waals surface area (Å²) in [7, 11) is 0. The molecule has 0 spiro atoms. The summed E-state index contributed by atoms with van der Waals surface area (Å²) in [5, 5.41) is 4.41. The van der Waals surface area contributed by atoms with Crippen molar-refractivity contribution >= 4 is 23.6 Å². The molecule has 0 radical (unpaired) electrons. The van der Waals surface area contributed by atoms with Crippen LogP contribution < -0.4 is 10.6 Å². The molecule has 0 bridgehead atoms. The molecule has 0 saturated carbocycles. The lowest BCUT2D eigenvalue weighted by Gasteiger charge is -2.14. The Balaban J connectivity index is 1.89. The topological polar surface area (TPSA) is 84.5 Å². The number of benzene rings is 2. The number of esters is 1. The number of rotatable bonds is 4. The molecular formula is C18H15F3N2O4. The molecule has 6 nitrogen and oxygen atoms in total. The first kappa shape index (κ1) is 20.0. The van der Waals surface area contributed by atoms with Crippen LogP contribution in [0.2, 0.25) is 0 Å². The molecule has 0 aliphatic carbocycles. The molecule has 1 atom stereocenters. The lowest BCUT2D eigenvalue weighted by Crippen LogP contribution is -2.41.